The number of para-hydroxylation sites is 1. The lowest BCUT2D eigenvalue weighted by molar-refractivity contribution is 1.00. The molecule has 1 heteroatoms. The van der Waals surface area contributed by atoms with Gasteiger partial charge in [0.15, 0.2) is 0 Å². The highest BCUT2D eigenvalue weighted by Crippen LogP contribution is 2.55. The SMILES string of the molecule is C1=Cc2c(c3cccc4c5c(-c6ccccc6)c6c7cc8c9ccccc9[nH]c8c8cccc(c6c(-c6ccccc6)c5cc2c34)c87)CC1. The summed E-state index contributed by atoms with van der Waals surface area (Å²) in [6.07, 6.45) is 6.94. The number of rotatable bonds is 2. The maximum atomic E-state index is 3.82. The molecular weight excluding hydrogens is 591 g/mol. The molecule has 0 saturated carbocycles. The second-order valence-corrected chi connectivity index (χ2v) is 13.9. The van der Waals surface area contributed by atoms with Gasteiger partial charge in [0.1, 0.15) is 0 Å². The molecule has 0 amide bonds. The molecule has 1 heterocycles. The number of allylic oxidation sites excluding steroid dienone is 1. The van der Waals surface area contributed by atoms with Gasteiger partial charge in [-0.1, -0.05) is 127 Å². The Labute approximate surface area is 282 Å². The number of benzene rings is 8. The number of hydrogen-bond donors (Lipinski definition) is 1. The van der Waals surface area contributed by atoms with Gasteiger partial charge in [0, 0.05) is 21.7 Å². The number of aromatic nitrogens is 1. The molecule has 49 heavy (non-hydrogen) atoms. The lowest BCUT2D eigenvalue weighted by Gasteiger charge is -2.19. The Balaban J connectivity index is 1.44. The van der Waals surface area contributed by atoms with Crippen molar-refractivity contribution in [1.29, 1.82) is 0 Å². The summed E-state index contributed by atoms with van der Waals surface area (Å²) in [4.78, 5) is 3.82. The molecule has 0 spiro atoms. The molecule has 0 radical (unpaired) electrons. The number of aromatic amines is 1. The number of nitrogens with one attached hydrogen (secondary N) is 1. The molecule has 226 valence electrons. The van der Waals surface area contributed by atoms with Gasteiger partial charge in [0.25, 0.3) is 0 Å². The van der Waals surface area contributed by atoms with Crippen molar-refractivity contribution in [2.45, 2.75) is 12.8 Å². The third-order valence-electron chi connectivity index (χ3n) is 11.5. The van der Waals surface area contributed by atoms with Gasteiger partial charge in [-0.2, -0.15) is 0 Å². The largest absolute Gasteiger partial charge is 0.354 e. The van der Waals surface area contributed by atoms with E-state index in [-0.39, 0.29) is 0 Å². The highest BCUT2D eigenvalue weighted by molar-refractivity contribution is 6.45. The van der Waals surface area contributed by atoms with Crippen LogP contribution in [0.5, 0.6) is 0 Å². The number of H-pyrrole nitrogens is 1. The topological polar surface area (TPSA) is 15.8 Å². The maximum absolute atomic E-state index is 3.82. The fourth-order valence-electron chi connectivity index (χ4n) is 9.66. The van der Waals surface area contributed by atoms with Gasteiger partial charge in [0.05, 0.1) is 5.52 Å². The molecule has 0 aliphatic heterocycles. The van der Waals surface area contributed by atoms with E-state index in [1.807, 2.05) is 0 Å². The van der Waals surface area contributed by atoms with Gasteiger partial charge >= 0.3 is 0 Å². The fourth-order valence-corrected chi connectivity index (χ4v) is 9.66. The Morgan fingerprint density at radius 1 is 0.408 bits per heavy atom. The van der Waals surface area contributed by atoms with E-state index in [1.165, 1.54) is 120 Å². The van der Waals surface area contributed by atoms with Crippen molar-refractivity contribution >= 4 is 92.5 Å². The second kappa shape index (κ2) is 9.24. The van der Waals surface area contributed by atoms with Crippen LogP contribution in [0.25, 0.3) is 115 Å². The van der Waals surface area contributed by atoms with E-state index < -0.39 is 0 Å². The monoisotopic (exact) mass is 619 g/mol. The van der Waals surface area contributed by atoms with E-state index in [1.54, 1.807) is 0 Å². The molecule has 1 aliphatic carbocycles. The van der Waals surface area contributed by atoms with Crippen molar-refractivity contribution in [1.82, 2.24) is 4.98 Å². The standard InChI is InChI=1S/C48H29N/c1-3-13-27(14-4-1)41-38-25-36-30-18-8-7-17-29(30)32-20-11-21-33(43(32)36)45(38)42(28-15-5-2-6-16-28)47-39-26-37-31-19-9-10-24-40(31)49-48(37)35-23-12-22-34(44(35)39)46(41)47/h1-6,8-16,18-26,49H,7,17H2. The molecule has 0 bridgehead atoms. The third-order valence-corrected chi connectivity index (χ3v) is 11.5. The molecule has 0 saturated heterocycles. The predicted molar refractivity (Wildman–Crippen MR) is 211 cm³/mol. The van der Waals surface area contributed by atoms with Crippen LogP contribution in [0.4, 0.5) is 0 Å². The number of hydrogen-bond acceptors (Lipinski definition) is 0. The normalized spacial score (nSPS) is 13.5. The smallest absolute Gasteiger partial charge is 0.0545 e. The molecule has 11 aromatic rings. The van der Waals surface area contributed by atoms with Gasteiger partial charge in [-0.3, -0.25) is 0 Å². The van der Waals surface area contributed by atoms with Crippen molar-refractivity contribution < 1.29 is 0 Å². The molecule has 0 atom stereocenters. The molecule has 1 N–H and O–H groups in total. The highest BCUT2D eigenvalue weighted by Gasteiger charge is 2.28. The van der Waals surface area contributed by atoms with Crippen LogP contribution in [-0.2, 0) is 6.42 Å². The second-order valence-electron chi connectivity index (χ2n) is 13.9. The zero-order valence-corrected chi connectivity index (χ0v) is 26.8. The van der Waals surface area contributed by atoms with Crippen molar-refractivity contribution in [3.05, 3.63) is 151 Å². The van der Waals surface area contributed by atoms with Gasteiger partial charge in [0.2, 0.25) is 0 Å². The summed E-state index contributed by atoms with van der Waals surface area (Å²) in [5, 5.41) is 18.8. The van der Waals surface area contributed by atoms with Crippen LogP contribution in [0.2, 0.25) is 0 Å². The first-order chi connectivity index (χ1) is 24.3. The predicted octanol–water partition coefficient (Wildman–Crippen LogP) is 13.4. The van der Waals surface area contributed by atoms with E-state index >= 15 is 0 Å². The Morgan fingerprint density at radius 2 is 1.02 bits per heavy atom. The van der Waals surface area contributed by atoms with E-state index in [4.69, 9.17) is 0 Å². The first kappa shape index (κ1) is 25.9. The lowest BCUT2D eigenvalue weighted by atomic mass is 9.83. The number of aryl methyl sites for hydroxylation is 1. The summed E-state index contributed by atoms with van der Waals surface area (Å²) < 4.78 is 0. The third kappa shape index (κ3) is 3.21. The van der Waals surface area contributed by atoms with Crippen LogP contribution in [0.15, 0.2) is 140 Å². The number of fused-ring (bicyclic) bond motifs is 12. The van der Waals surface area contributed by atoms with Crippen LogP contribution in [0.3, 0.4) is 0 Å². The van der Waals surface area contributed by atoms with E-state index in [2.05, 4.69) is 151 Å². The summed E-state index contributed by atoms with van der Waals surface area (Å²) in [6, 6.07) is 50.1. The Kier molecular flexibility index (Phi) is 4.88. The Hall–Kier alpha value is -6.18. The summed E-state index contributed by atoms with van der Waals surface area (Å²) in [5.74, 6) is 0. The lowest BCUT2D eigenvalue weighted by Crippen LogP contribution is -1.91. The van der Waals surface area contributed by atoms with E-state index in [0.29, 0.717) is 0 Å². The van der Waals surface area contributed by atoms with Crippen molar-refractivity contribution in [2.24, 2.45) is 0 Å². The van der Waals surface area contributed by atoms with Gasteiger partial charge in [-0.05, 0) is 124 Å². The summed E-state index contributed by atoms with van der Waals surface area (Å²) in [5.41, 5.74) is 10.5. The zero-order valence-electron chi connectivity index (χ0n) is 26.8. The van der Waals surface area contributed by atoms with Crippen LogP contribution in [0.1, 0.15) is 17.5 Å². The molecule has 10 aromatic carbocycles. The summed E-state index contributed by atoms with van der Waals surface area (Å²) in [6.45, 7) is 0. The quantitative estimate of drug-likeness (QED) is 0.185. The minimum atomic E-state index is 1.10. The van der Waals surface area contributed by atoms with Crippen LogP contribution < -0.4 is 0 Å². The first-order valence-corrected chi connectivity index (χ1v) is 17.4. The average molecular weight is 620 g/mol. The van der Waals surface area contributed by atoms with Crippen molar-refractivity contribution in [3.63, 3.8) is 0 Å². The maximum Gasteiger partial charge on any atom is 0.0545 e. The Bertz CT molecular complexity index is 3180. The zero-order chi connectivity index (χ0) is 31.8. The highest BCUT2D eigenvalue weighted by atomic mass is 14.7. The van der Waals surface area contributed by atoms with Crippen LogP contribution in [0, 0.1) is 0 Å². The molecule has 0 unspecified atom stereocenters. The average Bonchev–Trinajstić information content (AvgIpc) is 3.82. The minimum absolute atomic E-state index is 1.10. The van der Waals surface area contributed by atoms with E-state index in [9.17, 15) is 0 Å². The molecule has 1 nitrogen and oxygen atoms in total. The van der Waals surface area contributed by atoms with Gasteiger partial charge in [-0.25, -0.2) is 0 Å². The molecule has 12 rings (SSSR count). The van der Waals surface area contributed by atoms with Crippen LogP contribution >= 0.6 is 0 Å². The minimum Gasteiger partial charge on any atom is -0.354 e. The fraction of sp³-hybridized carbons (Fsp3) is 0.0417. The summed E-state index contributed by atoms with van der Waals surface area (Å²) >= 11 is 0. The molecule has 1 aliphatic rings. The van der Waals surface area contributed by atoms with Gasteiger partial charge in [-0.15, -0.1) is 0 Å². The Morgan fingerprint density at radius 3 is 1.84 bits per heavy atom. The van der Waals surface area contributed by atoms with Gasteiger partial charge < -0.3 is 4.98 Å². The van der Waals surface area contributed by atoms with Crippen molar-refractivity contribution in [3.8, 4) is 22.3 Å². The first-order valence-electron chi connectivity index (χ1n) is 17.4. The van der Waals surface area contributed by atoms with E-state index in [0.717, 1.165) is 12.8 Å². The van der Waals surface area contributed by atoms with Crippen LogP contribution in [-0.4, -0.2) is 4.98 Å². The molecule has 1 aromatic heterocycles. The summed E-state index contributed by atoms with van der Waals surface area (Å²) in [7, 11) is 0. The molecule has 0 fully saturated rings. The molecular formula is C48H29N. The van der Waals surface area contributed by atoms with Crippen molar-refractivity contribution in [2.75, 3.05) is 0 Å².